The van der Waals surface area contributed by atoms with Gasteiger partial charge in [0.15, 0.2) is 0 Å². The maximum absolute atomic E-state index is 10.9. The van der Waals surface area contributed by atoms with Crippen molar-refractivity contribution in [1.82, 2.24) is 0 Å². The second-order valence-electron chi connectivity index (χ2n) is 2.20. The highest BCUT2D eigenvalue weighted by Crippen LogP contribution is 2.61. The van der Waals surface area contributed by atoms with E-state index in [4.69, 9.17) is 22.5 Å². The lowest BCUT2D eigenvalue weighted by Crippen LogP contribution is -1.93. The molecule has 0 fully saturated rings. The summed E-state index contributed by atoms with van der Waals surface area (Å²) in [6.45, 7) is 0. The van der Waals surface area contributed by atoms with Crippen molar-refractivity contribution in [2.24, 2.45) is 0 Å². The van der Waals surface area contributed by atoms with Crippen LogP contribution in [0.3, 0.4) is 0 Å². The Kier molecular flexibility index (Phi) is 7.28. The van der Waals surface area contributed by atoms with E-state index in [1.54, 1.807) is 24.3 Å². The molecule has 0 aromatic heterocycles. The molecule has 0 aliphatic rings. The van der Waals surface area contributed by atoms with Crippen LogP contribution in [0, 0.1) is 0 Å². The van der Waals surface area contributed by atoms with Crippen molar-refractivity contribution in [3.05, 3.63) is 30.3 Å². The van der Waals surface area contributed by atoms with E-state index in [9.17, 15) is 9.13 Å². The molecule has 0 amide bonds. The molecule has 0 bridgehead atoms. The molecule has 0 saturated carbocycles. The normalized spacial score (nSPS) is 11.5. The summed E-state index contributed by atoms with van der Waals surface area (Å²) in [6, 6.07) is 8.58. The third kappa shape index (κ3) is 11.4. The zero-order valence-corrected chi connectivity index (χ0v) is 12.6. The second kappa shape index (κ2) is 6.77. The van der Waals surface area contributed by atoms with E-state index in [1.807, 2.05) is 6.07 Å². The lowest BCUT2D eigenvalue weighted by molar-refractivity contribution is 0.597. The van der Waals surface area contributed by atoms with Crippen LogP contribution in [0.4, 0.5) is 0 Å². The molecular formula is C6H5Cl5O2P2. The quantitative estimate of drug-likeness (QED) is 0.602. The Bertz CT molecular complexity index is 376. The first kappa shape index (κ1) is 16.1. The summed E-state index contributed by atoms with van der Waals surface area (Å²) in [6.07, 6.45) is 0. The second-order valence-corrected chi connectivity index (χ2v) is 13.7. The van der Waals surface area contributed by atoms with Crippen LogP contribution in [0.15, 0.2) is 30.3 Å². The van der Waals surface area contributed by atoms with E-state index >= 15 is 0 Å². The summed E-state index contributed by atoms with van der Waals surface area (Å²) < 4.78 is 20.5. The lowest BCUT2D eigenvalue weighted by Gasteiger charge is -1.98. The minimum Gasteiger partial charge on any atom is -0.284 e. The number of rotatable bonds is 1. The molecule has 0 N–H and O–H groups in total. The zero-order chi connectivity index (χ0) is 12.1. The van der Waals surface area contributed by atoms with Gasteiger partial charge in [-0.05, 0) is 68.3 Å². The third-order valence-electron chi connectivity index (χ3n) is 1.06. The predicted octanol–water partition coefficient (Wildman–Crippen LogP) is 5.79. The molecule has 0 heterocycles. The van der Waals surface area contributed by atoms with Crippen molar-refractivity contribution in [2.75, 3.05) is 0 Å². The van der Waals surface area contributed by atoms with Gasteiger partial charge in [0.05, 0.1) is 0 Å². The Morgan fingerprint density at radius 3 is 1.33 bits per heavy atom. The molecule has 1 rings (SSSR count). The Hall–Kier alpha value is 1.13. The van der Waals surface area contributed by atoms with E-state index < -0.39 is 11.0 Å². The van der Waals surface area contributed by atoms with Crippen molar-refractivity contribution >= 4 is 72.6 Å². The van der Waals surface area contributed by atoms with Gasteiger partial charge in [-0.3, -0.25) is 9.13 Å². The van der Waals surface area contributed by atoms with Gasteiger partial charge in [0, 0.05) is 5.30 Å². The fraction of sp³-hybridized carbons (Fsp3) is 0. The first-order valence-corrected chi connectivity index (χ1v) is 11.3. The van der Waals surface area contributed by atoms with Gasteiger partial charge in [-0.15, -0.1) is 0 Å². The summed E-state index contributed by atoms with van der Waals surface area (Å²) in [5, 5.41) is -2.74. The number of hydrogen-bond acceptors (Lipinski definition) is 2. The maximum atomic E-state index is 10.9. The van der Waals surface area contributed by atoms with Gasteiger partial charge in [-0.25, -0.2) is 0 Å². The third-order valence-corrected chi connectivity index (χ3v) is 3.13. The van der Waals surface area contributed by atoms with Gasteiger partial charge in [-0.2, -0.15) is 0 Å². The molecule has 0 spiro atoms. The van der Waals surface area contributed by atoms with Gasteiger partial charge in [0.25, 0.3) is 5.85 Å². The maximum Gasteiger partial charge on any atom is 0.339 e. The molecule has 9 heteroatoms. The first-order valence-electron chi connectivity index (χ1n) is 3.34. The summed E-state index contributed by atoms with van der Waals surface area (Å²) in [5.74, 6) is -3.07. The molecule has 0 saturated heterocycles. The van der Waals surface area contributed by atoms with Crippen LogP contribution in [0.1, 0.15) is 0 Å². The molecular weight excluding hydrogens is 343 g/mol. The topological polar surface area (TPSA) is 34.1 Å². The first-order chi connectivity index (χ1) is 6.61. The molecule has 15 heavy (non-hydrogen) atoms. The standard InChI is InChI=1S/C6H5Cl2OP.Cl3OP/c7-10(8,9)6-4-2-1-3-5-6;1-5(2,3)4/h1-5H;. The summed E-state index contributed by atoms with van der Waals surface area (Å²) in [7, 11) is 0. The van der Waals surface area contributed by atoms with Crippen LogP contribution in [0.25, 0.3) is 0 Å². The Balaban J connectivity index is 0.000000336. The average Bonchev–Trinajstić information content (AvgIpc) is 2.01. The van der Waals surface area contributed by atoms with Crippen molar-refractivity contribution in [2.45, 2.75) is 0 Å². The van der Waals surface area contributed by atoms with Crippen LogP contribution >= 0.6 is 67.3 Å². The van der Waals surface area contributed by atoms with Gasteiger partial charge in [-0.1, -0.05) is 18.2 Å². The highest BCUT2D eigenvalue weighted by molar-refractivity contribution is 8.24. The molecule has 1 aromatic rings. The van der Waals surface area contributed by atoms with Crippen molar-refractivity contribution in [3.8, 4) is 0 Å². The van der Waals surface area contributed by atoms with Crippen LogP contribution in [0.2, 0.25) is 0 Å². The van der Waals surface area contributed by atoms with E-state index in [2.05, 4.69) is 33.7 Å². The van der Waals surface area contributed by atoms with E-state index in [-0.39, 0.29) is 0 Å². The van der Waals surface area contributed by atoms with E-state index in [1.165, 1.54) is 0 Å². The Morgan fingerprint density at radius 2 is 1.13 bits per heavy atom. The zero-order valence-electron chi connectivity index (χ0n) is 6.99. The average molecular weight is 348 g/mol. The minimum absolute atomic E-state index is 0.485. The lowest BCUT2D eigenvalue weighted by atomic mass is 10.4. The molecule has 0 atom stereocenters. The molecule has 1 aromatic carbocycles. The molecule has 2 nitrogen and oxygen atoms in total. The van der Waals surface area contributed by atoms with Gasteiger partial charge in [0.1, 0.15) is 0 Å². The van der Waals surface area contributed by atoms with Crippen LogP contribution in [0.5, 0.6) is 0 Å². The number of benzene rings is 1. The van der Waals surface area contributed by atoms with Crippen LogP contribution < -0.4 is 5.30 Å². The molecule has 0 unspecified atom stereocenters. The van der Waals surface area contributed by atoms with Gasteiger partial charge >= 0.3 is 5.20 Å². The smallest absolute Gasteiger partial charge is 0.284 e. The molecule has 86 valence electrons. The Morgan fingerprint density at radius 1 is 0.800 bits per heavy atom. The van der Waals surface area contributed by atoms with Crippen molar-refractivity contribution in [3.63, 3.8) is 0 Å². The monoisotopic (exact) mass is 346 g/mol. The highest BCUT2D eigenvalue weighted by Gasteiger charge is 2.15. The van der Waals surface area contributed by atoms with E-state index in [0.29, 0.717) is 5.30 Å². The summed E-state index contributed by atoms with van der Waals surface area (Å²) >= 11 is 24.6. The number of halogens is 5. The summed E-state index contributed by atoms with van der Waals surface area (Å²) in [4.78, 5) is 0. The van der Waals surface area contributed by atoms with Gasteiger partial charge in [0.2, 0.25) is 0 Å². The molecule has 0 aliphatic heterocycles. The van der Waals surface area contributed by atoms with Gasteiger partial charge < -0.3 is 0 Å². The minimum atomic E-state index is -3.22. The van der Waals surface area contributed by atoms with E-state index in [0.717, 1.165) is 0 Å². The largest absolute Gasteiger partial charge is 0.339 e. The van der Waals surface area contributed by atoms with Crippen molar-refractivity contribution in [1.29, 1.82) is 0 Å². The molecule has 0 radical (unpaired) electrons. The molecule has 0 aliphatic carbocycles. The van der Waals surface area contributed by atoms with Crippen LogP contribution in [-0.2, 0) is 9.13 Å². The predicted molar refractivity (Wildman–Crippen MR) is 70.6 cm³/mol. The number of hydrogen-bond donors (Lipinski definition) is 0. The highest BCUT2D eigenvalue weighted by atomic mass is 36.0. The van der Waals surface area contributed by atoms with Crippen molar-refractivity contribution < 1.29 is 9.13 Å². The Labute approximate surface area is 111 Å². The fourth-order valence-corrected chi connectivity index (χ4v) is 1.80. The fourth-order valence-electron chi connectivity index (χ4n) is 0.602. The van der Waals surface area contributed by atoms with Crippen LogP contribution in [-0.4, -0.2) is 0 Å². The SMILES string of the molecule is O=P(Cl)(Cl)Cl.O=P(Cl)(Cl)c1ccccc1. The summed E-state index contributed by atoms with van der Waals surface area (Å²) in [5.41, 5.74) is 0.